The summed E-state index contributed by atoms with van der Waals surface area (Å²) in [6.07, 6.45) is 8.19. The summed E-state index contributed by atoms with van der Waals surface area (Å²) in [5.74, 6) is 1.99. The minimum absolute atomic E-state index is 0.154. The number of hydrogen-bond acceptors (Lipinski definition) is 4. The fraction of sp³-hybridized carbons (Fsp3) is 0.550. The number of nitrogens with one attached hydrogen (secondary N) is 1. The maximum atomic E-state index is 12.4. The zero-order valence-corrected chi connectivity index (χ0v) is 15.2. The Morgan fingerprint density at radius 1 is 1.16 bits per heavy atom. The van der Waals surface area contributed by atoms with Crippen LogP contribution in [-0.4, -0.2) is 44.2 Å². The Labute approximate surface area is 150 Å². The lowest BCUT2D eigenvalue weighted by Crippen LogP contribution is -2.40. The van der Waals surface area contributed by atoms with Crippen LogP contribution in [-0.2, 0) is 11.3 Å². The fourth-order valence-electron chi connectivity index (χ4n) is 3.66. The smallest absolute Gasteiger partial charge is 0.223 e. The van der Waals surface area contributed by atoms with Crippen LogP contribution in [0, 0.1) is 5.92 Å². The number of methoxy groups -OCH3 is 2. The standard InChI is InChI=1S/C20H28N2O3/c1-24-18-10-15(11-19(12-18)25-2)13-22-9-8-17(14-22)21-20(23)16-6-4-3-5-7-16/h3-4,10-12,16-17H,5-9,13-14H2,1-2H3,(H,21,23)/t16-,17-/m0/s1. The highest BCUT2D eigenvalue weighted by Crippen LogP contribution is 2.25. The molecule has 2 atom stereocenters. The normalized spacial score (nSPS) is 23.4. The predicted octanol–water partition coefficient (Wildman–Crippen LogP) is 2.75. The van der Waals surface area contributed by atoms with Gasteiger partial charge in [0, 0.05) is 37.7 Å². The molecule has 0 spiro atoms. The van der Waals surface area contributed by atoms with Crippen LogP contribution >= 0.6 is 0 Å². The Hall–Kier alpha value is -2.01. The zero-order valence-electron chi connectivity index (χ0n) is 15.2. The predicted molar refractivity (Wildman–Crippen MR) is 97.9 cm³/mol. The van der Waals surface area contributed by atoms with E-state index in [-0.39, 0.29) is 17.9 Å². The van der Waals surface area contributed by atoms with Gasteiger partial charge in [0.05, 0.1) is 14.2 Å². The summed E-state index contributed by atoms with van der Waals surface area (Å²) in [7, 11) is 3.33. The minimum Gasteiger partial charge on any atom is -0.497 e. The molecule has 0 unspecified atom stereocenters. The number of allylic oxidation sites excluding steroid dienone is 2. The summed E-state index contributed by atoms with van der Waals surface area (Å²) in [4.78, 5) is 14.8. The van der Waals surface area contributed by atoms with Gasteiger partial charge in [-0.3, -0.25) is 9.69 Å². The number of carbonyl (C=O) groups is 1. The SMILES string of the molecule is COc1cc(CN2CC[C@H](NC(=O)[C@H]3CC=CCC3)C2)cc(OC)c1. The Morgan fingerprint density at radius 2 is 1.92 bits per heavy atom. The average molecular weight is 344 g/mol. The second-order valence-corrected chi connectivity index (χ2v) is 6.93. The molecule has 3 rings (SSSR count). The number of ether oxygens (including phenoxy) is 2. The third-order valence-corrected chi connectivity index (χ3v) is 5.08. The van der Waals surface area contributed by atoms with Crippen LogP contribution < -0.4 is 14.8 Å². The van der Waals surface area contributed by atoms with Crippen molar-refractivity contribution in [2.45, 2.75) is 38.3 Å². The first kappa shape index (κ1) is 17.8. The number of amides is 1. The van der Waals surface area contributed by atoms with Gasteiger partial charge >= 0.3 is 0 Å². The quantitative estimate of drug-likeness (QED) is 0.806. The van der Waals surface area contributed by atoms with Gasteiger partial charge in [-0.2, -0.15) is 0 Å². The maximum Gasteiger partial charge on any atom is 0.223 e. The number of likely N-dealkylation sites (tertiary alicyclic amines) is 1. The van der Waals surface area contributed by atoms with Crippen LogP contribution in [0.25, 0.3) is 0 Å². The molecule has 1 aromatic rings. The molecule has 1 aliphatic heterocycles. The van der Waals surface area contributed by atoms with E-state index in [0.29, 0.717) is 0 Å². The molecule has 0 aromatic heterocycles. The first-order chi connectivity index (χ1) is 12.2. The van der Waals surface area contributed by atoms with Gasteiger partial charge in [-0.1, -0.05) is 12.2 Å². The van der Waals surface area contributed by atoms with E-state index >= 15 is 0 Å². The molecule has 1 heterocycles. The lowest BCUT2D eigenvalue weighted by atomic mass is 9.93. The van der Waals surface area contributed by atoms with Gasteiger partial charge in [0.25, 0.3) is 0 Å². The maximum absolute atomic E-state index is 12.4. The molecule has 136 valence electrons. The summed E-state index contributed by atoms with van der Waals surface area (Å²) in [6, 6.07) is 6.23. The topological polar surface area (TPSA) is 50.8 Å². The van der Waals surface area contributed by atoms with Gasteiger partial charge in [0.15, 0.2) is 0 Å². The van der Waals surface area contributed by atoms with E-state index in [1.165, 1.54) is 5.56 Å². The molecule has 0 radical (unpaired) electrons. The Bertz CT molecular complexity index is 607. The summed E-state index contributed by atoms with van der Waals surface area (Å²) in [6.45, 7) is 2.73. The third kappa shape index (κ3) is 4.75. The number of rotatable bonds is 6. The molecule has 5 heteroatoms. The summed E-state index contributed by atoms with van der Waals surface area (Å²) in [5, 5.41) is 3.25. The molecule has 1 saturated heterocycles. The van der Waals surface area contributed by atoms with E-state index in [4.69, 9.17) is 9.47 Å². The summed E-state index contributed by atoms with van der Waals surface area (Å²) in [5.41, 5.74) is 1.17. The van der Waals surface area contributed by atoms with E-state index < -0.39 is 0 Å². The van der Waals surface area contributed by atoms with Gasteiger partial charge in [0.1, 0.15) is 11.5 Å². The van der Waals surface area contributed by atoms with Gasteiger partial charge in [0.2, 0.25) is 5.91 Å². The van der Waals surface area contributed by atoms with Crippen molar-refractivity contribution in [2.24, 2.45) is 5.92 Å². The highest BCUT2D eigenvalue weighted by atomic mass is 16.5. The summed E-state index contributed by atoms with van der Waals surface area (Å²) < 4.78 is 10.7. The monoisotopic (exact) mass is 344 g/mol. The van der Waals surface area contributed by atoms with E-state index in [0.717, 1.165) is 56.8 Å². The minimum atomic E-state index is 0.154. The average Bonchev–Trinajstić information content (AvgIpc) is 3.08. The Morgan fingerprint density at radius 3 is 2.56 bits per heavy atom. The molecule has 2 aliphatic rings. The van der Waals surface area contributed by atoms with Gasteiger partial charge < -0.3 is 14.8 Å². The summed E-state index contributed by atoms with van der Waals surface area (Å²) >= 11 is 0. The second-order valence-electron chi connectivity index (χ2n) is 6.93. The molecule has 0 saturated carbocycles. The number of nitrogens with zero attached hydrogens (tertiary/aromatic N) is 1. The van der Waals surface area contributed by atoms with Crippen LogP contribution in [0.2, 0.25) is 0 Å². The molecule has 1 N–H and O–H groups in total. The largest absolute Gasteiger partial charge is 0.497 e. The van der Waals surface area contributed by atoms with Crippen LogP contribution in [0.5, 0.6) is 11.5 Å². The van der Waals surface area contributed by atoms with Crippen LogP contribution in [0.4, 0.5) is 0 Å². The molecule has 5 nitrogen and oxygen atoms in total. The molecule has 1 aromatic carbocycles. The Balaban J connectivity index is 1.52. The van der Waals surface area contributed by atoms with Crippen LogP contribution in [0.1, 0.15) is 31.2 Å². The molecule has 1 amide bonds. The highest BCUT2D eigenvalue weighted by Gasteiger charge is 2.27. The number of benzene rings is 1. The van der Waals surface area contributed by atoms with Gasteiger partial charge in [-0.15, -0.1) is 0 Å². The molecular formula is C20H28N2O3. The fourth-order valence-corrected chi connectivity index (χ4v) is 3.66. The Kier molecular flexibility index (Phi) is 5.97. The van der Waals surface area contributed by atoms with Crippen molar-refractivity contribution < 1.29 is 14.3 Å². The van der Waals surface area contributed by atoms with Crippen molar-refractivity contribution in [3.63, 3.8) is 0 Å². The molecule has 1 aliphatic carbocycles. The molecule has 0 bridgehead atoms. The van der Waals surface area contributed by atoms with Crippen molar-refractivity contribution in [3.8, 4) is 11.5 Å². The second kappa shape index (κ2) is 8.39. The van der Waals surface area contributed by atoms with Gasteiger partial charge in [-0.05, 0) is 43.4 Å². The van der Waals surface area contributed by atoms with Crippen LogP contribution in [0.15, 0.2) is 30.4 Å². The molecule has 1 fully saturated rings. The first-order valence-corrected chi connectivity index (χ1v) is 9.07. The van der Waals surface area contributed by atoms with Gasteiger partial charge in [-0.25, -0.2) is 0 Å². The van der Waals surface area contributed by atoms with Crippen molar-refractivity contribution in [3.05, 3.63) is 35.9 Å². The van der Waals surface area contributed by atoms with Crippen molar-refractivity contribution in [1.29, 1.82) is 0 Å². The number of carbonyl (C=O) groups excluding carboxylic acids is 1. The van der Waals surface area contributed by atoms with Crippen molar-refractivity contribution in [2.75, 3.05) is 27.3 Å². The lowest BCUT2D eigenvalue weighted by Gasteiger charge is -2.21. The first-order valence-electron chi connectivity index (χ1n) is 9.07. The van der Waals surface area contributed by atoms with E-state index in [2.05, 4.69) is 22.4 Å². The number of hydrogen-bond donors (Lipinski definition) is 1. The van der Waals surface area contributed by atoms with Crippen molar-refractivity contribution in [1.82, 2.24) is 10.2 Å². The molecular weight excluding hydrogens is 316 g/mol. The molecule has 25 heavy (non-hydrogen) atoms. The zero-order chi connectivity index (χ0) is 17.6. The highest BCUT2D eigenvalue weighted by molar-refractivity contribution is 5.79. The third-order valence-electron chi connectivity index (χ3n) is 5.08. The van der Waals surface area contributed by atoms with Crippen molar-refractivity contribution >= 4 is 5.91 Å². The van der Waals surface area contributed by atoms with E-state index in [1.54, 1.807) is 14.2 Å². The lowest BCUT2D eigenvalue weighted by molar-refractivity contribution is -0.125. The van der Waals surface area contributed by atoms with E-state index in [9.17, 15) is 4.79 Å². The van der Waals surface area contributed by atoms with E-state index in [1.807, 2.05) is 18.2 Å². The van der Waals surface area contributed by atoms with Crippen LogP contribution in [0.3, 0.4) is 0 Å².